The molecular weight excluding hydrogens is 360 g/mol. The Morgan fingerprint density at radius 1 is 1.26 bits per heavy atom. The van der Waals surface area contributed by atoms with Gasteiger partial charge < -0.3 is 20.1 Å². The van der Waals surface area contributed by atoms with Crippen LogP contribution in [0.2, 0.25) is 0 Å². The largest absolute Gasteiger partial charge is 0.508 e. The highest BCUT2D eigenvalue weighted by atomic mass is 32.1. The van der Waals surface area contributed by atoms with Crippen molar-refractivity contribution in [2.75, 3.05) is 46.9 Å². The number of hydrogen-bond acceptors (Lipinski definition) is 5. The Morgan fingerprint density at radius 2 is 2.07 bits per heavy atom. The molecule has 0 saturated carbocycles. The van der Waals surface area contributed by atoms with Gasteiger partial charge in [0, 0.05) is 57.3 Å². The number of aromatic hydroxyl groups is 1. The molecule has 0 amide bonds. The first kappa shape index (κ1) is 19.5. The van der Waals surface area contributed by atoms with Crippen LogP contribution < -0.4 is 10.1 Å². The molecule has 1 fully saturated rings. The van der Waals surface area contributed by atoms with Crippen LogP contribution in [0.1, 0.15) is 10.4 Å². The minimum Gasteiger partial charge on any atom is -0.508 e. The summed E-state index contributed by atoms with van der Waals surface area (Å²) in [4.78, 5) is 10.6. The van der Waals surface area contributed by atoms with Crippen molar-refractivity contribution in [3.63, 3.8) is 0 Å². The summed E-state index contributed by atoms with van der Waals surface area (Å²) in [6, 6.07) is 9.74. The van der Waals surface area contributed by atoms with Gasteiger partial charge in [0.2, 0.25) is 0 Å². The van der Waals surface area contributed by atoms with Crippen molar-refractivity contribution in [3.05, 3.63) is 46.2 Å². The lowest BCUT2D eigenvalue weighted by molar-refractivity contribution is 0.174. The van der Waals surface area contributed by atoms with Gasteiger partial charge in [0.25, 0.3) is 0 Å². The van der Waals surface area contributed by atoms with Gasteiger partial charge in [-0.3, -0.25) is 9.89 Å². The van der Waals surface area contributed by atoms with Gasteiger partial charge in [0.15, 0.2) is 5.96 Å². The van der Waals surface area contributed by atoms with Gasteiger partial charge >= 0.3 is 0 Å². The molecule has 1 aromatic heterocycles. The zero-order valence-electron chi connectivity index (χ0n) is 16.0. The zero-order chi connectivity index (χ0) is 19.1. The van der Waals surface area contributed by atoms with Crippen molar-refractivity contribution < 1.29 is 9.84 Å². The van der Waals surface area contributed by atoms with E-state index in [4.69, 9.17) is 4.74 Å². The molecule has 0 atom stereocenters. The Balaban J connectivity index is 1.44. The number of nitrogens with zero attached hydrogens (tertiary/aromatic N) is 3. The third-order valence-corrected chi connectivity index (χ3v) is 5.67. The van der Waals surface area contributed by atoms with Crippen molar-refractivity contribution in [2.45, 2.75) is 13.0 Å². The first-order valence-electron chi connectivity index (χ1n) is 9.26. The summed E-state index contributed by atoms with van der Waals surface area (Å²) < 4.78 is 5.13. The van der Waals surface area contributed by atoms with Gasteiger partial charge in [-0.2, -0.15) is 0 Å². The highest BCUT2D eigenvalue weighted by Crippen LogP contribution is 2.23. The second-order valence-electron chi connectivity index (χ2n) is 6.56. The molecule has 2 N–H and O–H groups in total. The summed E-state index contributed by atoms with van der Waals surface area (Å²) >= 11 is 1.82. The van der Waals surface area contributed by atoms with E-state index in [0.29, 0.717) is 5.75 Å². The lowest BCUT2D eigenvalue weighted by atomic mass is 10.1. The average Bonchev–Trinajstić information content (AvgIpc) is 3.20. The lowest BCUT2D eigenvalue weighted by Gasteiger charge is -2.36. The van der Waals surface area contributed by atoms with Crippen molar-refractivity contribution >= 4 is 17.3 Å². The van der Waals surface area contributed by atoms with E-state index in [1.165, 1.54) is 4.88 Å². The molecule has 146 valence electrons. The van der Waals surface area contributed by atoms with E-state index in [-0.39, 0.29) is 5.75 Å². The van der Waals surface area contributed by atoms with Crippen molar-refractivity contribution in [3.8, 4) is 11.5 Å². The third-order valence-electron chi connectivity index (χ3n) is 4.81. The van der Waals surface area contributed by atoms with Gasteiger partial charge in [0.1, 0.15) is 11.5 Å². The molecule has 1 saturated heterocycles. The van der Waals surface area contributed by atoms with Crippen LogP contribution in [0.3, 0.4) is 0 Å². The van der Waals surface area contributed by atoms with E-state index in [9.17, 15) is 5.11 Å². The molecule has 0 bridgehead atoms. The summed E-state index contributed by atoms with van der Waals surface area (Å²) in [6.45, 7) is 5.78. The van der Waals surface area contributed by atoms with Gasteiger partial charge in [-0.25, -0.2) is 0 Å². The standard InChI is InChI=1S/C20H28N4O2S/c1-21-20(22-8-7-16-5-6-17(26-2)14-19(16)25)24-11-9-23(10-12-24)15-18-4-3-13-27-18/h3-6,13-14,25H,7-12,15H2,1-2H3,(H,21,22). The molecule has 2 heterocycles. The number of rotatable bonds is 6. The number of hydrogen-bond donors (Lipinski definition) is 2. The summed E-state index contributed by atoms with van der Waals surface area (Å²) in [5.74, 6) is 1.87. The fourth-order valence-corrected chi connectivity index (χ4v) is 4.01. The van der Waals surface area contributed by atoms with Gasteiger partial charge in [-0.15, -0.1) is 11.3 Å². The van der Waals surface area contributed by atoms with Crippen LogP contribution in [-0.4, -0.2) is 67.7 Å². The minimum absolute atomic E-state index is 0.272. The Labute approximate surface area is 165 Å². The number of aliphatic imine (C=N–C) groups is 1. The van der Waals surface area contributed by atoms with Gasteiger partial charge in [-0.05, 0) is 29.5 Å². The number of piperazine rings is 1. The van der Waals surface area contributed by atoms with Crippen LogP contribution in [0.15, 0.2) is 40.7 Å². The molecule has 0 radical (unpaired) electrons. The molecular formula is C20H28N4O2S. The first-order valence-corrected chi connectivity index (χ1v) is 10.1. The van der Waals surface area contributed by atoms with Crippen LogP contribution in [0, 0.1) is 0 Å². The zero-order valence-corrected chi connectivity index (χ0v) is 16.8. The van der Waals surface area contributed by atoms with Crippen LogP contribution in [-0.2, 0) is 13.0 Å². The topological polar surface area (TPSA) is 60.3 Å². The fraction of sp³-hybridized carbons (Fsp3) is 0.450. The Hall–Kier alpha value is -2.25. The van der Waals surface area contributed by atoms with Gasteiger partial charge in [0.05, 0.1) is 7.11 Å². The maximum absolute atomic E-state index is 10.1. The minimum atomic E-state index is 0.272. The lowest BCUT2D eigenvalue weighted by Crippen LogP contribution is -2.52. The Kier molecular flexibility index (Phi) is 6.95. The highest BCUT2D eigenvalue weighted by molar-refractivity contribution is 7.09. The normalized spacial score (nSPS) is 15.8. The van der Waals surface area contributed by atoms with E-state index in [0.717, 1.165) is 57.2 Å². The average molecular weight is 389 g/mol. The van der Waals surface area contributed by atoms with Crippen molar-refractivity contribution in [1.29, 1.82) is 0 Å². The maximum Gasteiger partial charge on any atom is 0.193 e. The second-order valence-corrected chi connectivity index (χ2v) is 7.59. The van der Waals surface area contributed by atoms with Crippen LogP contribution in [0.5, 0.6) is 11.5 Å². The molecule has 6 nitrogen and oxygen atoms in total. The smallest absolute Gasteiger partial charge is 0.193 e. The molecule has 3 rings (SSSR count). The number of phenols is 1. The molecule has 1 aliphatic heterocycles. The van der Waals surface area contributed by atoms with Crippen molar-refractivity contribution in [2.24, 2.45) is 4.99 Å². The van der Waals surface area contributed by atoms with Crippen LogP contribution in [0.25, 0.3) is 0 Å². The predicted molar refractivity (Wildman–Crippen MR) is 111 cm³/mol. The number of ether oxygens (including phenoxy) is 1. The molecule has 0 unspecified atom stereocenters. The Morgan fingerprint density at radius 3 is 2.70 bits per heavy atom. The number of guanidine groups is 1. The van der Waals surface area contributed by atoms with Gasteiger partial charge in [-0.1, -0.05) is 12.1 Å². The molecule has 1 aromatic carbocycles. The molecule has 1 aliphatic rings. The third kappa shape index (κ3) is 5.37. The molecule has 7 heteroatoms. The predicted octanol–water partition coefficient (Wildman–Crippen LogP) is 2.40. The van der Waals surface area contributed by atoms with E-state index in [1.54, 1.807) is 13.2 Å². The summed E-state index contributed by atoms with van der Waals surface area (Å²) in [7, 11) is 3.42. The molecule has 27 heavy (non-hydrogen) atoms. The second kappa shape index (κ2) is 9.62. The maximum atomic E-state index is 10.1. The fourth-order valence-electron chi connectivity index (χ4n) is 3.26. The van der Waals surface area contributed by atoms with Crippen LogP contribution in [0.4, 0.5) is 0 Å². The molecule has 0 spiro atoms. The SMILES string of the molecule is CN=C(NCCc1ccc(OC)cc1O)N1CCN(Cc2cccs2)CC1. The first-order chi connectivity index (χ1) is 13.2. The summed E-state index contributed by atoms with van der Waals surface area (Å²) in [5.41, 5.74) is 0.902. The quantitative estimate of drug-likeness (QED) is 0.588. The van der Waals surface area contributed by atoms with Crippen molar-refractivity contribution in [1.82, 2.24) is 15.1 Å². The number of phenolic OH excluding ortho intramolecular Hbond substituents is 1. The number of benzene rings is 1. The van der Waals surface area contributed by atoms with E-state index in [2.05, 4.69) is 37.6 Å². The number of methoxy groups -OCH3 is 1. The highest BCUT2D eigenvalue weighted by Gasteiger charge is 2.19. The number of thiophene rings is 1. The van der Waals surface area contributed by atoms with E-state index in [1.807, 2.05) is 30.5 Å². The Bertz CT molecular complexity index is 740. The molecule has 0 aliphatic carbocycles. The summed E-state index contributed by atoms with van der Waals surface area (Å²) in [5, 5.41) is 15.6. The van der Waals surface area contributed by atoms with Crippen LogP contribution >= 0.6 is 11.3 Å². The number of nitrogens with one attached hydrogen (secondary N) is 1. The monoisotopic (exact) mass is 388 g/mol. The molecule has 2 aromatic rings. The summed E-state index contributed by atoms with van der Waals surface area (Å²) in [6.07, 6.45) is 0.729. The van der Waals surface area contributed by atoms with E-state index < -0.39 is 0 Å². The van der Waals surface area contributed by atoms with E-state index >= 15 is 0 Å².